The number of ether oxygens (including phenoxy) is 2. The average Bonchev–Trinajstić information content (AvgIpc) is 1.53. The first-order valence-corrected chi connectivity index (χ1v) is 49.6. The molecular formula is C125H97Ir2N14O3+3. The molecule has 14 aromatic carbocycles. The van der Waals surface area contributed by atoms with E-state index in [0.717, 1.165) is 137 Å². The average molecular weight is 2230 g/mol. The van der Waals surface area contributed by atoms with E-state index in [1.165, 1.54) is 216 Å². The molecule has 0 unspecified atom stereocenters. The molecule has 0 saturated heterocycles. The van der Waals surface area contributed by atoms with Crippen LogP contribution in [0.15, 0.2) is 284 Å². The van der Waals surface area contributed by atoms with Gasteiger partial charge in [0.1, 0.15) is 48.7 Å². The molecule has 17 nitrogen and oxygen atoms in total. The monoisotopic (exact) mass is 2230 g/mol. The Kier molecular flexibility index (Phi) is 20.2. The molecular weight excluding hydrogens is 2130 g/mol. The molecule has 19 heteroatoms. The second-order valence-corrected chi connectivity index (χ2v) is 39.6. The van der Waals surface area contributed by atoms with Crippen molar-refractivity contribution in [3.8, 4) is 22.8 Å². The van der Waals surface area contributed by atoms with Crippen LogP contribution in [0, 0.1) is 86.1 Å². The molecule has 25 aromatic rings. The van der Waals surface area contributed by atoms with Gasteiger partial charge in [0.05, 0.1) is 27.5 Å². The van der Waals surface area contributed by atoms with Gasteiger partial charge < -0.3 is 42.3 Å². The zero-order valence-corrected chi connectivity index (χ0v) is 85.9. The van der Waals surface area contributed by atoms with Crippen LogP contribution in [0.5, 0.6) is 11.6 Å². The van der Waals surface area contributed by atoms with Crippen LogP contribution in [0.4, 0.5) is 11.4 Å². The van der Waals surface area contributed by atoms with E-state index in [4.69, 9.17) is 23.9 Å². The van der Waals surface area contributed by atoms with E-state index in [1.807, 2.05) is 139 Å². The maximum atomic E-state index is 6.06. The number of anilines is 2. The Morgan fingerprint density at radius 1 is 0.361 bits per heavy atom. The van der Waals surface area contributed by atoms with E-state index in [9.17, 15) is 0 Å². The minimum Gasteiger partial charge on any atom is -0.514 e. The van der Waals surface area contributed by atoms with Crippen LogP contribution in [-0.2, 0) is 112 Å². The number of para-hydroxylation sites is 7. The zero-order chi connectivity index (χ0) is 94.6. The van der Waals surface area contributed by atoms with Crippen LogP contribution >= 0.6 is 0 Å². The van der Waals surface area contributed by atoms with Crippen molar-refractivity contribution in [3.05, 3.63) is 419 Å². The summed E-state index contributed by atoms with van der Waals surface area (Å²) < 4.78 is 37.5. The molecule has 0 aliphatic carbocycles. The van der Waals surface area contributed by atoms with Crippen LogP contribution in [-0.4, -0.2) is 56.4 Å². The predicted octanol–water partition coefficient (Wildman–Crippen LogP) is 25.0. The van der Waals surface area contributed by atoms with Gasteiger partial charge in [-0.25, -0.2) is 13.7 Å². The zero-order valence-electron chi connectivity index (χ0n) is 81.1. The molecule has 0 bridgehead atoms. The number of aryl methyl sites for hydroxylation is 10. The van der Waals surface area contributed by atoms with Crippen molar-refractivity contribution in [3.63, 3.8) is 0 Å². The first kappa shape index (κ1) is 87.5. The molecule has 21 heterocycles. The molecule has 35 rings (SSSR count). The predicted molar refractivity (Wildman–Crippen MR) is 568 cm³/mol. The Balaban J connectivity index is 0.0000000843. The number of hydrogen-bond donors (Lipinski definition) is 0. The molecule has 11 aromatic heterocycles. The summed E-state index contributed by atoms with van der Waals surface area (Å²) in [6, 6.07) is 104. The van der Waals surface area contributed by atoms with E-state index in [2.05, 4.69) is 296 Å². The minimum atomic E-state index is 0. The SMILES string of the molecule is CN1C=CN(c2[c-]ccc3c2oc2ccccc23)[CH-]1.CN1C=CN(c2[c-]cccc2)[CH-]1.Cc1c2[n+]3c4c(cccc4c4cccc5c4c3n1C5)CO2.Cc1c2[n+]3c4c(cccc4c4cccc5c4c3n1C5)OC2.Cc1cccc(C)c1-c1cc2c3c(c1)c1cccc4c1[n+]1c(c(C)n(c31)C2)CC4.Cc1nc2c3[c-]cccc3c3cccc4c3n2c1CC4.Cc1nc2c3[c-]cccc3c3cccc4c3n2c1CC4.[Ir+3].[Ir+3]. The summed E-state index contributed by atoms with van der Waals surface area (Å²) in [6.45, 7) is 23.7. The summed E-state index contributed by atoms with van der Waals surface area (Å²) in [7, 11) is 3.99. The normalized spacial score (nSPS) is 14.4. The van der Waals surface area contributed by atoms with Crippen molar-refractivity contribution >= 4 is 170 Å². The third kappa shape index (κ3) is 12.8. The summed E-state index contributed by atoms with van der Waals surface area (Å²) in [4.78, 5) is 17.7. The van der Waals surface area contributed by atoms with Crippen molar-refractivity contribution in [2.24, 2.45) is 0 Å². The number of rotatable bonds is 3. The third-order valence-corrected chi connectivity index (χ3v) is 31.7. The Bertz CT molecular complexity index is 9620. The molecule has 0 spiro atoms. The fourth-order valence-corrected chi connectivity index (χ4v) is 25.4. The van der Waals surface area contributed by atoms with E-state index < -0.39 is 0 Å². The first-order valence-electron chi connectivity index (χ1n) is 49.6. The largest absolute Gasteiger partial charge is 3.00 e. The van der Waals surface area contributed by atoms with Crippen molar-refractivity contribution in [1.29, 1.82) is 0 Å². The van der Waals surface area contributed by atoms with Gasteiger partial charge in [-0.2, -0.15) is 75.1 Å². The number of aromatic nitrogens is 10. The molecule has 0 fully saturated rings. The summed E-state index contributed by atoms with van der Waals surface area (Å²) in [5.74, 6) is 2.02. The number of fused-ring (bicyclic) bond motifs is 12. The number of pyridine rings is 5. The molecule has 0 amide bonds. The van der Waals surface area contributed by atoms with Gasteiger partial charge in [0.2, 0.25) is 0 Å². The molecule has 0 atom stereocenters. The van der Waals surface area contributed by atoms with Gasteiger partial charge >= 0.3 is 46.1 Å². The summed E-state index contributed by atoms with van der Waals surface area (Å²) in [5.41, 5.74) is 43.9. The maximum Gasteiger partial charge on any atom is 3.00 e. The van der Waals surface area contributed by atoms with Crippen LogP contribution in [0.3, 0.4) is 0 Å². The topological polar surface area (TPSA) is 106 Å². The molecule has 10 aliphatic heterocycles. The van der Waals surface area contributed by atoms with Crippen LogP contribution < -0.4 is 32.5 Å². The quantitative estimate of drug-likeness (QED) is 0.0971. The Labute approximate surface area is 857 Å². The fourth-order valence-electron chi connectivity index (χ4n) is 25.4. The molecule has 700 valence electrons. The second kappa shape index (κ2) is 33.3. The van der Waals surface area contributed by atoms with E-state index >= 15 is 0 Å². The van der Waals surface area contributed by atoms with Crippen LogP contribution in [0.25, 0.3) is 170 Å². The maximum absolute atomic E-state index is 6.06. The number of hydrogen-bond acceptors (Lipinski definition) is 9. The van der Waals surface area contributed by atoms with E-state index in [-0.39, 0.29) is 40.2 Å². The van der Waals surface area contributed by atoms with Crippen LogP contribution in [0.1, 0.15) is 101 Å². The van der Waals surface area contributed by atoms with E-state index in [1.54, 1.807) is 0 Å². The van der Waals surface area contributed by atoms with Gasteiger partial charge in [-0.05, 0) is 173 Å². The third-order valence-electron chi connectivity index (χ3n) is 31.7. The van der Waals surface area contributed by atoms with Crippen LogP contribution in [0.2, 0.25) is 0 Å². The fraction of sp³-hybridized carbons (Fsp3) is 0.160. The number of furan rings is 1. The summed E-state index contributed by atoms with van der Waals surface area (Å²) in [6.07, 6.45) is 14.7. The molecule has 0 saturated carbocycles. The van der Waals surface area contributed by atoms with Gasteiger partial charge in [0.15, 0.2) is 40.5 Å². The van der Waals surface area contributed by atoms with Gasteiger partial charge in [-0.1, -0.05) is 174 Å². The molecule has 0 N–H and O–H groups in total. The summed E-state index contributed by atoms with van der Waals surface area (Å²) >= 11 is 0. The van der Waals surface area contributed by atoms with Crippen molar-refractivity contribution in [2.75, 3.05) is 23.9 Å². The number of imidazole rings is 5. The molecule has 10 aliphatic rings. The van der Waals surface area contributed by atoms with Gasteiger partial charge in [0, 0.05) is 132 Å². The molecule has 144 heavy (non-hydrogen) atoms. The van der Waals surface area contributed by atoms with Gasteiger partial charge in [-0.3, -0.25) is 9.97 Å². The van der Waals surface area contributed by atoms with Gasteiger partial charge in [0.25, 0.3) is 16.9 Å². The summed E-state index contributed by atoms with van der Waals surface area (Å²) in [5, 5.41) is 22.1. The number of nitrogens with zero attached hydrogens (tertiary/aromatic N) is 14. The Morgan fingerprint density at radius 3 is 1.49 bits per heavy atom. The van der Waals surface area contributed by atoms with Crippen molar-refractivity contribution < 1.29 is 67.3 Å². The molecule has 0 radical (unpaired) electrons. The van der Waals surface area contributed by atoms with Gasteiger partial charge in [-0.15, -0.1) is 65.0 Å². The smallest absolute Gasteiger partial charge is 0.514 e. The second-order valence-electron chi connectivity index (χ2n) is 39.6. The van der Waals surface area contributed by atoms with Crippen molar-refractivity contribution in [2.45, 2.75) is 120 Å². The number of benzene rings is 14. The van der Waals surface area contributed by atoms with E-state index in [0.29, 0.717) is 13.2 Å². The van der Waals surface area contributed by atoms with Crippen molar-refractivity contribution in [1.82, 2.24) is 42.3 Å². The minimum absolute atomic E-state index is 0. The Hall–Kier alpha value is -15.5. The Morgan fingerprint density at radius 2 is 0.861 bits per heavy atom. The first-order chi connectivity index (χ1) is 69.7. The standard InChI is InChI=1S/C27H23N2.2C18H13N2O.2C18H13N2.C16H12N2O.C10H10N2.2Ir/c1-15-6-4-7-16(2)24(15)19-12-20-14-28-17(3)23-11-10-18-8-5-9-21-22(13-19)25(20)27(28)29(23)26(18)21;1-10-18-20-16-12(9-21-18)5-3-7-14(16)13-6-2-4-11-8-19(10)17(20)15(11)13;1-10-14-9-21-15-7-3-6-13-12-5-2-4-11-8-19(10)18(16(11)12)20(14)17(13)15;2*1-11-16-10-9-12-5-4-8-14-13-6-2-3-7-15(13)18(19-11)20(16)17(12)14;1-17-9-10-18(11-17)14-7-4-6-13-12-5-2-3-8-15(12)19-16(13)14;1-11-7-8-12(9-11)10-5-3-2-4-6-10;;/h4-9,12-13H,10-11,14H2,1-3H3;2*2-7H,8-9H2,1H3;2*2-6,8H,9-10H2,1H3;2-6,8-11H,1H3;2-5,7-9H,1H3;;/q3*+1;2*-1;2*-2;2*+3.